The molecule has 0 saturated carbocycles. The molecule has 0 unspecified atom stereocenters. The van der Waals surface area contributed by atoms with Crippen LogP contribution in [-0.4, -0.2) is 27.4 Å². The molecule has 1 N–H and O–H groups in total. The fraction of sp³-hybridized carbons (Fsp3) is 0.278. The van der Waals surface area contributed by atoms with E-state index in [1.807, 2.05) is 6.07 Å². The van der Waals surface area contributed by atoms with Crippen LogP contribution in [0.1, 0.15) is 28.4 Å². The Morgan fingerprint density at radius 3 is 2.72 bits per heavy atom. The van der Waals surface area contributed by atoms with Gasteiger partial charge in [0.25, 0.3) is 10.0 Å². The van der Waals surface area contributed by atoms with Gasteiger partial charge in [-0.05, 0) is 25.1 Å². The third-order valence-corrected chi connectivity index (χ3v) is 5.87. The summed E-state index contributed by atoms with van der Waals surface area (Å²) in [5, 5.41) is 0. The number of Topliss-reactive ketones (excluding diaryl/α,β-unsaturated/α-hetero) is 1. The SMILES string of the molecule is CC(=O)c1cccc(NS(=O)(=O)c2c3c(cc4c2OCC4)OCC3)c1. The molecule has 0 spiro atoms. The summed E-state index contributed by atoms with van der Waals surface area (Å²) in [6, 6.07) is 8.31. The number of carbonyl (C=O) groups is 1. The number of carbonyl (C=O) groups excluding carboxylic acids is 1. The first kappa shape index (κ1) is 16.0. The molecule has 0 aromatic heterocycles. The van der Waals surface area contributed by atoms with Gasteiger partial charge in [-0.3, -0.25) is 9.52 Å². The Morgan fingerprint density at radius 1 is 1.12 bits per heavy atom. The van der Waals surface area contributed by atoms with Gasteiger partial charge in [0.1, 0.15) is 16.4 Å². The number of ketones is 1. The number of ether oxygens (including phenoxy) is 2. The van der Waals surface area contributed by atoms with E-state index >= 15 is 0 Å². The number of nitrogens with one attached hydrogen (secondary N) is 1. The maximum atomic E-state index is 13.1. The quantitative estimate of drug-likeness (QED) is 0.849. The summed E-state index contributed by atoms with van der Waals surface area (Å²) in [6.45, 7) is 2.36. The van der Waals surface area contributed by atoms with Crippen LogP contribution in [0.3, 0.4) is 0 Å². The maximum Gasteiger partial charge on any atom is 0.266 e. The fourth-order valence-corrected chi connectivity index (χ4v) is 4.73. The maximum absolute atomic E-state index is 13.1. The van der Waals surface area contributed by atoms with Crippen LogP contribution in [0.2, 0.25) is 0 Å². The zero-order chi connectivity index (χ0) is 17.6. The highest BCUT2D eigenvalue weighted by Crippen LogP contribution is 2.43. The second-order valence-corrected chi connectivity index (χ2v) is 7.73. The molecule has 2 aliphatic heterocycles. The Balaban J connectivity index is 1.79. The standard InChI is InChI=1S/C18H17NO5S/c1-11(20)12-3-2-4-14(9-12)19-25(21,22)18-15-6-8-23-16(15)10-13-5-7-24-17(13)18/h2-4,9-10,19H,5-8H2,1H3. The van der Waals surface area contributed by atoms with Crippen molar-refractivity contribution in [2.24, 2.45) is 0 Å². The van der Waals surface area contributed by atoms with Crippen LogP contribution in [-0.2, 0) is 22.9 Å². The van der Waals surface area contributed by atoms with Crippen molar-refractivity contribution >= 4 is 21.5 Å². The molecule has 2 heterocycles. The van der Waals surface area contributed by atoms with Crippen LogP contribution in [0.15, 0.2) is 35.2 Å². The first-order chi connectivity index (χ1) is 12.0. The number of sulfonamides is 1. The summed E-state index contributed by atoms with van der Waals surface area (Å²) < 4.78 is 39.9. The van der Waals surface area contributed by atoms with Gasteiger partial charge in [-0.25, -0.2) is 8.42 Å². The van der Waals surface area contributed by atoms with Crippen molar-refractivity contribution in [2.75, 3.05) is 17.9 Å². The lowest BCUT2D eigenvalue weighted by atomic mass is 10.1. The lowest BCUT2D eigenvalue weighted by Crippen LogP contribution is -2.16. The van der Waals surface area contributed by atoms with E-state index in [-0.39, 0.29) is 10.7 Å². The zero-order valence-electron chi connectivity index (χ0n) is 13.7. The third kappa shape index (κ3) is 2.74. The Hall–Kier alpha value is -2.54. The van der Waals surface area contributed by atoms with Gasteiger partial charge in [-0.15, -0.1) is 0 Å². The second-order valence-electron chi connectivity index (χ2n) is 6.11. The van der Waals surface area contributed by atoms with Gasteiger partial charge in [-0.1, -0.05) is 12.1 Å². The molecule has 7 heteroatoms. The molecule has 0 amide bonds. The van der Waals surface area contributed by atoms with Crippen molar-refractivity contribution in [3.05, 3.63) is 47.0 Å². The molecule has 4 rings (SSSR count). The van der Waals surface area contributed by atoms with Crippen LogP contribution in [0.4, 0.5) is 5.69 Å². The predicted octanol–water partition coefficient (Wildman–Crippen LogP) is 2.56. The van der Waals surface area contributed by atoms with Crippen molar-refractivity contribution in [3.8, 4) is 11.5 Å². The molecule has 25 heavy (non-hydrogen) atoms. The molecule has 2 aromatic rings. The number of hydrogen-bond acceptors (Lipinski definition) is 5. The topological polar surface area (TPSA) is 81.7 Å². The minimum atomic E-state index is -3.87. The minimum absolute atomic E-state index is 0.126. The molecule has 2 aliphatic rings. The largest absolute Gasteiger partial charge is 0.493 e. The van der Waals surface area contributed by atoms with E-state index in [2.05, 4.69) is 4.72 Å². The molecule has 0 bridgehead atoms. The molecular formula is C18H17NO5S. The average Bonchev–Trinajstić information content (AvgIpc) is 3.20. The van der Waals surface area contributed by atoms with Crippen molar-refractivity contribution in [1.29, 1.82) is 0 Å². The van der Waals surface area contributed by atoms with Gasteiger partial charge < -0.3 is 9.47 Å². The summed E-state index contributed by atoms with van der Waals surface area (Å²) in [7, 11) is -3.87. The molecule has 0 fully saturated rings. The van der Waals surface area contributed by atoms with Crippen molar-refractivity contribution in [3.63, 3.8) is 0 Å². The molecule has 0 aliphatic carbocycles. The zero-order valence-corrected chi connectivity index (χ0v) is 14.5. The lowest BCUT2D eigenvalue weighted by Gasteiger charge is -2.15. The number of benzene rings is 2. The lowest BCUT2D eigenvalue weighted by molar-refractivity contribution is 0.101. The highest BCUT2D eigenvalue weighted by atomic mass is 32.2. The summed E-state index contributed by atoms with van der Waals surface area (Å²) in [4.78, 5) is 11.7. The molecule has 0 radical (unpaired) electrons. The fourth-order valence-electron chi connectivity index (χ4n) is 3.23. The molecule has 0 saturated heterocycles. The molecule has 0 atom stereocenters. The van der Waals surface area contributed by atoms with E-state index in [4.69, 9.17) is 9.47 Å². The number of fused-ring (bicyclic) bond motifs is 2. The number of hydrogen-bond donors (Lipinski definition) is 1. The van der Waals surface area contributed by atoms with Gasteiger partial charge in [-0.2, -0.15) is 0 Å². The highest BCUT2D eigenvalue weighted by molar-refractivity contribution is 7.92. The molecule has 130 valence electrons. The van der Waals surface area contributed by atoms with Crippen molar-refractivity contribution in [1.82, 2.24) is 0 Å². The Morgan fingerprint density at radius 2 is 1.92 bits per heavy atom. The third-order valence-electron chi connectivity index (χ3n) is 4.39. The van der Waals surface area contributed by atoms with Crippen LogP contribution >= 0.6 is 0 Å². The van der Waals surface area contributed by atoms with Gasteiger partial charge in [0, 0.05) is 35.2 Å². The van der Waals surface area contributed by atoms with Crippen LogP contribution < -0.4 is 14.2 Å². The summed E-state index contributed by atoms with van der Waals surface area (Å²) in [5.41, 5.74) is 2.29. The van der Waals surface area contributed by atoms with E-state index in [1.165, 1.54) is 13.0 Å². The van der Waals surface area contributed by atoms with Crippen LogP contribution in [0, 0.1) is 0 Å². The van der Waals surface area contributed by atoms with Crippen LogP contribution in [0.25, 0.3) is 0 Å². The van der Waals surface area contributed by atoms with Crippen LogP contribution in [0.5, 0.6) is 11.5 Å². The van der Waals surface area contributed by atoms with Gasteiger partial charge in [0.2, 0.25) is 0 Å². The normalized spacial score (nSPS) is 15.1. The summed E-state index contributed by atoms with van der Waals surface area (Å²) >= 11 is 0. The van der Waals surface area contributed by atoms with Crippen molar-refractivity contribution in [2.45, 2.75) is 24.7 Å². The van der Waals surface area contributed by atoms with E-state index < -0.39 is 10.0 Å². The Kier molecular flexibility index (Phi) is 3.68. The first-order valence-electron chi connectivity index (χ1n) is 8.04. The molecule has 2 aromatic carbocycles. The Bertz CT molecular complexity index is 949. The predicted molar refractivity (Wildman–Crippen MR) is 92.1 cm³/mol. The molecular weight excluding hydrogens is 342 g/mol. The number of rotatable bonds is 4. The van der Waals surface area contributed by atoms with E-state index in [0.29, 0.717) is 54.4 Å². The van der Waals surface area contributed by atoms with E-state index in [1.54, 1.807) is 18.2 Å². The van der Waals surface area contributed by atoms with Gasteiger partial charge >= 0.3 is 0 Å². The summed E-state index contributed by atoms with van der Waals surface area (Å²) in [6.07, 6.45) is 1.18. The smallest absolute Gasteiger partial charge is 0.266 e. The first-order valence-corrected chi connectivity index (χ1v) is 9.52. The average molecular weight is 359 g/mol. The second kappa shape index (κ2) is 5.77. The van der Waals surface area contributed by atoms with Gasteiger partial charge in [0.05, 0.1) is 13.2 Å². The van der Waals surface area contributed by atoms with E-state index in [9.17, 15) is 13.2 Å². The summed E-state index contributed by atoms with van der Waals surface area (Å²) in [5.74, 6) is 0.904. The minimum Gasteiger partial charge on any atom is -0.493 e. The van der Waals surface area contributed by atoms with Gasteiger partial charge in [0.15, 0.2) is 5.78 Å². The highest BCUT2D eigenvalue weighted by Gasteiger charge is 2.33. The monoisotopic (exact) mass is 359 g/mol. The number of anilines is 1. The Labute approximate surface area is 145 Å². The van der Waals surface area contributed by atoms with Crippen molar-refractivity contribution < 1.29 is 22.7 Å². The van der Waals surface area contributed by atoms with E-state index in [0.717, 1.165) is 5.56 Å². The molecule has 6 nitrogen and oxygen atoms in total.